The lowest BCUT2D eigenvalue weighted by atomic mass is 9.45. The maximum atomic E-state index is 12.3. The van der Waals surface area contributed by atoms with Gasteiger partial charge in [0.25, 0.3) is 5.97 Å². The van der Waals surface area contributed by atoms with Crippen LogP contribution in [0.2, 0.25) is 0 Å². The summed E-state index contributed by atoms with van der Waals surface area (Å²) in [6.45, 7) is 14.5. The van der Waals surface area contributed by atoms with Gasteiger partial charge < -0.3 is 29.9 Å². The lowest BCUT2D eigenvalue weighted by Crippen LogP contribution is -2.60. The van der Waals surface area contributed by atoms with Crippen LogP contribution in [0.1, 0.15) is 187 Å². The Morgan fingerprint density at radius 3 is 1.48 bits per heavy atom. The standard InChI is InChI=1S/C28H37NO4.C24H30O4.C4H9NO.C2H4O2/c1-4-21(30)16-29-20-9-12-26(2)19(15-20)6-7-24-23(26)10-13-27(3)22(11-14-28(24,27)32)18-5-8-25(31)33-17-18;1-22-10-7-17(25)13-16(22)4-5-20-19(22)8-11-23(2)18(9-12-24(20,23)27)15-3-6-21(26)28-14-15;1-2-4(6)3-5;1-2(3)4/h5,8,15,17,22-24,32H,4,6-7,9-14,16H2,1-3H3;3,6,13-14,18-20,27H,4-5,7-12H2,1-2H3;2-3,5H2,1H3;1H3,(H,3,4)/t22-,23?,24?,26+,27-,28+;18-,19?,20?,22+,23-,24+;;/m11../s1. The Morgan fingerprint density at radius 2 is 1.07 bits per heavy atom. The van der Waals surface area contributed by atoms with E-state index in [9.17, 15) is 34.2 Å². The molecular formula is C58H80N2O11. The van der Waals surface area contributed by atoms with Gasteiger partial charge in [0.05, 0.1) is 36.8 Å². The minimum atomic E-state index is -0.833. The minimum Gasteiger partial charge on any atom is -0.481 e. The molecule has 388 valence electrons. The Hall–Kier alpha value is -4.59. The molecule has 0 aromatic carbocycles. The zero-order chi connectivity index (χ0) is 51.7. The summed E-state index contributed by atoms with van der Waals surface area (Å²) in [5.74, 6) is 1.70. The summed E-state index contributed by atoms with van der Waals surface area (Å²) in [6, 6.07) is 6.79. The van der Waals surface area contributed by atoms with Gasteiger partial charge in [0.1, 0.15) is 5.78 Å². The first-order valence-corrected chi connectivity index (χ1v) is 26.6. The summed E-state index contributed by atoms with van der Waals surface area (Å²) in [6.07, 6.45) is 23.7. The monoisotopic (exact) mass is 981 g/mol. The molecule has 71 heavy (non-hydrogen) atoms. The number of carboxylic acid groups (broad SMARTS) is 1. The van der Waals surface area contributed by atoms with Crippen molar-refractivity contribution in [1.29, 1.82) is 0 Å². The van der Waals surface area contributed by atoms with Crippen LogP contribution in [0.15, 0.2) is 83.5 Å². The van der Waals surface area contributed by atoms with Crippen molar-refractivity contribution in [2.45, 2.75) is 187 Å². The lowest BCUT2D eigenvalue weighted by Gasteiger charge is -2.61. The summed E-state index contributed by atoms with van der Waals surface area (Å²) in [7, 11) is 0. The summed E-state index contributed by atoms with van der Waals surface area (Å²) in [5.41, 5.74) is 8.66. The quantitative estimate of drug-likeness (QED) is 0.203. The highest BCUT2D eigenvalue weighted by molar-refractivity contribution is 5.98. The molecule has 8 aliphatic carbocycles. The third-order valence-corrected chi connectivity index (χ3v) is 20.0. The number of ketones is 3. The summed E-state index contributed by atoms with van der Waals surface area (Å²) in [5, 5.41) is 31.9. The molecular weight excluding hydrogens is 901 g/mol. The first kappa shape index (κ1) is 54.2. The number of nitrogens with two attached hydrogens (primary N) is 1. The molecule has 2 aromatic rings. The van der Waals surface area contributed by atoms with Gasteiger partial charge >= 0.3 is 11.3 Å². The van der Waals surface area contributed by atoms with E-state index in [0.717, 1.165) is 120 Å². The number of hydrogen-bond acceptors (Lipinski definition) is 12. The van der Waals surface area contributed by atoms with Gasteiger partial charge in [-0.1, -0.05) is 52.7 Å². The Morgan fingerprint density at radius 1 is 0.620 bits per heavy atom. The summed E-state index contributed by atoms with van der Waals surface area (Å²) >= 11 is 0. The minimum absolute atomic E-state index is 0.0610. The first-order chi connectivity index (χ1) is 33.5. The highest BCUT2D eigenvalue weighted by atomic mass is 16.4. The van der Waals surface area contributed by atoms with E-state index in [-0.39, 0.29) is 74.6 Å². The summed E-state index contributed by atoms with van der Waals surface area (Å²) < 4.78 is 10.4. The Kier molecular flexibility index (Phi) is 16.1. The molecule has 2 heterocycles. The maximum Gasteiger partial charge on any atom is 0.335 e. The van der Waals surface area contributed by atoms with Crippen molar-refractivity contribution in [2.24, 2.45) is 56.1 Å². The van der Waals surface area contributed by atoms with Crippen LogP contribution in [0, 0.1) is 45.3 Å². The number of carbonyl (C=O) groups is 4. The van der Waals surface area contributed by atoms with Gasteiger partial charge in [-0.3, -0.25) is 24.2 Å². The fourth-order valence-electron chi connectivity index (χ4n) is 15.8. The normalized spacial score (nSPS) is 37.9. The number of allylic oxidation sites excluding steroid dienone is 3. The molecule has 0 aliphatic heterocycles. The van der Waals surface area contributed by atoms with E-state index < -0.39 is 17.2 Å². The Bertz CT molecular complexity index is 2510. The van der Waals surface area contributed by atoms with Crippen molar-refractivity contribution < 1.29 is 43.3 Å². The zero-order valence-corrected chi connectivity index (χ0v) is 43.4. The van der Waals surface area contributed by atoms with Crippen molar-refractivity contribution in [1.82, 2.24) is 0 Å². The highest BCUT2D eigenvalue weighted by Crippen LogP contribution is 2.71. The number of carbonyl (C=O) groups excluding carboxylic acids is 3. The van der Waals surface area contributed by atoms with E-state index in [2.05, 4.69) is 38.8 Å². The Labute approximate surface area is 419 Å². The van der Waals surface area contributed by atoms with Crippen molar-refractivity contribution in [2.75, 3.05) is 13.1 Å². The fraction of sp³-hybridized carbons (Fsp3) is 0.672. The van der Waals surface area contributed by atoms with Gasteiger partial charge in [-0.15, -0.1) is 0 Å². The molecule has 6 fully saturated rings. The maximum absolute atomic E-state index is 12.3. The van der Waals surface area contributed by atoms with Gasteiger partial charge in [0.15, 0.2) is 11.6 Å². The number of nitrogens with zero attached hydrogens (tertiary/aromatic N) is 1. The second kappa shape index (κ2) is 21.1. The van der Waals surface area contributed by atoms with Crippen molar-refractivity contribution in [3.8, 4) is 0 Å². The predicted octanol–water partition coefficient (Wildman–Crippen LogP) is 9.61. The van der Waals surface area contributed by atoms with Gasteiger partial charge in [-0.2, -0.15) is 0 Å². The molecule has 8 aliphatic rings. The zero-order valence-electron chi connectivity index (χ0n) is 43.4. The number of aliphatic carboxylic acids is 1. The topological polar surface area (TPSA) is 228 Å². The van der Waals surface area contributed by atoms with E-state index in [0.29, 0.717) is 43.6 Å². The van der Waals surface area contributed by atoms with Gasteiger partial charge in [-0.05, 0) is 178 Å². The number of hydrogen-bond donors (Lipinski definition) is 4. The van der Waals surface area contributed by atoms with Crippen molar-refractivity contribution >= 4 is 29.0 Å². The third-order valence-electron chi connectivity index (χ3n) is 20.0. The third kappa shape index (κ3) is 9.97. The predicted molar refractivity (Wildman–Crippen MR) is 272 cm³/mol. The highest BCUT2D eigenvalue weighted by Gasteiger charge is 2.68. The van der Waals surface area contributed by atoms with Crippen LogP contribution >= 0.6 is 0 Å². The summed E-state index contributed by atoms with van der Waals surface area (Å²) in [4.78, 5) is 70.3. The molecule has 0 spiro atoms. The van der Waals surface area contributed by atoms with Crippen molar-refractivity contribution in [3.05, 3.63) is 92.1 Å². The number of Topliss-reactive ketones (excluding diaryl/α,β-unsaturated/α-hetero) is 2. The van der Waals surface area contributed by atoms with Gasteiger partial charge in [0.2, 0.25) is 0 Å². The molecule has 13 heteroatoms. The van der Waals surface area contributed by atoms with E-state index in [1.165, 1.54) is 23.3 Å². The second-order valence-electron chi connectivity index (χ2n) is 23.2. The van der Waals surface area contributed by atoms with E-state index in [1.54, 1.807) is 19.5 Å². The average Bonchev–Trinajstić information content (AvgIpc) is 3.79. The number of fused-ring (bicyclic) bond motifs is 10. The Balaban J connectivity index is 0.000000177. The van der Waals surface area contributed by atoms with E-state index in [1.807, 2.05) is 25.1 Å². The molecule has 6 saturated carbocycles. The second-order valence-corrected chi connectivity index (χ2v) is 23.2. The molecule has 0 bridgehead atoms. The van der Waals surface area contributed by atoms with Crippen LogP contribution in [-0.4, -0.2) is 68.6 Å². The largest absolute Gasteiger partial charge is 0.481 e. The molecule has 13 nitrogen and oxygen atoms in total. The van der Waals surface area contributed by atoms with Gasteiger partial charge in [-0.25, -0.2) is 9.59 Å². The number of carboxylic acids is 1. The molecule has 0 amide bonds. The SMILES string of the molecule is CC(=O)O.CCC(=O)CN.CCC(=O)CN=C1C=C2CCC3C(CC[C@]4(C)[C@@H](c5ccc(=O)oc5)CC[C@]34O)[C@@]2(C)CC1.C[C@]12CCC(=O)C=C1CCC1C2CC[C@]2(C)[C@@H](c3ccc(=O)oc3)CC[C@]12O. The van der Waals surface area contributed by atoms with Crippen LogP contribution in [-0.2, 0) is 19.2 Å². The van der Waals surface area contributed by atoms with Crippen LogP contribution < -0.4 is 17.0 Å². The molecule has 12 atom stereocenters. The lowest BCUT2D eigenvalue weighted by molar-refractivity contribution is -0.177. The average molecular weight is 981 g/mol. The van der Waals surface area contributed by atoms with Crippen LogP contribution in [0.25, 0.3) is 0 Å². The molecule has 0 radical (unpaired) electrons. The van der Waals surface area contributed by atoms with Crippen LogP contribution in [0.3, 0.4) is 0 Å². The smallest absolute Gasteiger partial charge is 0.335 e. The van der Waals surface area contributed by atoms with E-state index in [4.69, 9.17) is 24.5 Å². The first-order valence-electron chi connectivity index (χ1n) is 26.6. The van der Waals surface area contributed by atoms with Crippen LogP contribution in [0.5, 0.6) is 0 Å². The number of aliphatic imine (C=N–C) groups is 1. The molecule has 2 aromatic heterocycles. The number of rotatable bonds is 7. The molecule has 4 unspecified atom stereocenters. The molecule has 0 saturated heterocycles. The molecule has 5 N–H and O–H groups in total. The van der Waals surface area contributed by atoms with Crippen molar-refractivity contribution in [3.63, 3.8) is 0 Å². The molecule has 10 rings (SSSR count). The van der Waals surface area contributed by atoms with Gasteiger partial charge in [0, 0.05) is 54.9 Å². The van der Waals surface area contributed by atoms with Crippen LogP contribution in [0.4, 0.5) is 0 Å². The van der Waals surface area contributed by atoms with E-state index >= 15 is 0 Å². The number of aliphatic hydroxyl groups is 2. The fourth-order valence-corrected chi connectivity index (χ4v) is 15.8.